The van der Waals surface area contributed by atoms with Crippen LogP contribution in [0.1, 0.15) is 48.8 Å². The molecule has 0 saturated carbocycles. The van der Waals surface area contributed by atoms with E-state index in [4.69, 9.17) is 46.3 Å². The van der Waals surface area contributed by atoms with Gasteiger partial charge in [-0.15, -0.1) is 0 Å². The van der Waals surface area contributed by atoms with E-state index in [1.807, 2.05) is 17.0 Å². The summed E-state index contributed by atoms with van der Waals surface area (Å²) >= 11 is 24.3. The van der Waals surface area contributed by atoms with Gasteiger partial charge in [0, 0.05) is 26.6 Å². The number of anilines is 4. The first-order valence-corrected chi connectivity index (χ1v) is 22.4. The van der Waals surface area contributed by atoms with Gasteiger partial charge < -0.3 is 16.4 Å². The van der Waals surface area contributed by atoms with Crippen molar-refractivity contribution in [3.63, 3.8) is 0 Å². The number of hydrogen-bond acceptors (Lipinski definition) is 11. The summed E-state index contributed by atoms with van der Waals surface area (Å²) in [6.45, 7) is 0.629. The maximum Gasteiger partial charge on any atom is 0.222 e. The van der Waals surface area contributed by atoms with Gasteiger partial charge in [-0.2, -0.15) is 9.97 Å². The molecular weight excluding hydrogens is 889 g/mol. The lowest BCUT2D eigenvalue weighted by atomic mass is 9.77. The molecule has 0 amide bonds. The van der Waals surface area contributed by atoms with Gasteiger partial charge in [0.2, 0.25) is 11.9 Å². The van der Waals surface area contributed by atoms with Gasteiger partial charge in [0.25, 0.3) is 0 Å². The lowest BCUT2D eigenvalue weighted by Gasteiger charge is -2.34. The zero-order valence-corrected chi connectivity index (χ0v) is 34.2. The molecule has 18 heteroatoms. The molecule has 1 aliphatic carbocycles. The number of hydrogen-bond donors (Lipinski definition) is 2. The van der Waals surface area contributed by atoms with E-state index >= 15 is 0 Å². The van der Waals surface area contributed by atoms with Gasteiger partial charge in [-0.1, -0.05) is 78.8 Å². The van der Waals surface area contributed by atoms with Crippen LogP contribution in [0.15, 0.2) is 57.7 Å². The molecule has 2 aromatic carbocycles. The summed E-state index contributed by atoms with van der Waals surface area (Å²) in [7, 11) is -5.72. The van der Waals surface area contributed by atoms with Crippen LogP contribution >= 0.6 is 66.7 Å². The summed E-state index contributed by atoms with van der Waals surface area (Å²) in [6.07, 6.45) is 7.87. The van der Waals surface area contributed by atoms with Crippen LogP contribution in [0.5, 0.6) is 0 Å². The zero-order valence-electron chi connectivity index (χ0n) is 27.1. The molecule has 51 heavy (non-hydrogen) atoms. The fourth-order valence-electron chi connectivity index (χ4n) is 7.36. The topological polar surface area (TPSA) is 175 Å². The van der Waals surface area contributed by atoms with E-state index in [1.54, 1.807) is 0 Å². The van der Waals surface area contributed by atoms with Crippen LogP contribution in [-0.2, 0) is 36.9 Å². The van der Waals surface area contributed by atoms with Gasteiger partial charge in [-0.3, -0.25) is 0 Å². The molecule has 0 bridgehead atoms. The first kappa shape index (κ1) is 38.5. The molecule has 8 rings (SSSR count). The van der Waals surface area contributed by atoms with Crippen molar-refractivity contribution in [3.8, 4) is 0 Å². The van der Waals surface area contributed by atoms with Gasteiger partial charge in [-0.05, 0) is 84.9 Å². The number of aryl methyl sites for hydroxylation is 1. The van der Waals surface area contributed by atoms with Crippen molar-refractivity contribution in [2.75, 3.05) is 45.9 Å². The molecule has 2 fully saturated rings. The van der Waals surface area contributed by atoms with Gasteiger partial charge in [-0.25, -0.2) is 26.8 Å². The Labute approximate surface area is 329 Å². The Morgan fingerprint density at radius 3 is 1.80 bits per heavy atom. The van der Waals surface area contributed by atoms with Gasteiger partial charge in [0.1, 0.15) is 24.7 Å². The maximum absolute atomic E-state index is 11.9. The summed E-state index contributed by atoms with van der Waals surface area (Å²) in [5.74, 6) is 1.98. The Bertz CT molecular complexity index is 2190. The maximum atomic E-state index is 11.9. The van der Waals surface area contributed by atoms with Crippen LogP contribution in [0.25, 0.3) is 0 Å². The highest BCUT2D eigenvalue weighted by atomic mass is 79.9. The fraction of sp³-hybridized carbons (Fsp3) is 0.394. The number of benzene rings is 2. The first-order valence-electron chi connectivity index (χ1n) is 16.0. The summed E-state index contributed by atoms with van der Waals surface area (Å²) in [5, 5.41) is 0.913. The second-order valence-electron chi connectivity index (χ2n) is 13.2. The van der Waals surface area contributed by atoms with E-state index < -0.39 is 19.7 Å². The highest BCUT2D eigenvalue weighted by Crippen LogP contribution is 2.51. The van der Waals surface area contributed by atoms with Gasteiger partial charge in [0.15, 0.2) is 11.0 Å². The molecule has 2 spiro atoms. The molecule has 0 atom stereocenters. The minimum Gasteiger partial charge on any atom is -0.368 e. The SMILES string of the molecule is Nc1ncc(Cl)c(Cl)n1.Nc1ncc(Cl)c(N2CC3(CCS(=O)(=O)CC3)c3ccc(Br)cc32)n1.O=S1(=O)CCC2(CCc3cc(Br)ccc32)CC1. The van der Waals surface area contributed by atoms with Crippen molar-refractivity contribution in [2.45, 2.75) is 49.4 Å². The number of nitrogens with two attached hydrogens (primary N) is 2. The van der Waals surface area contributed by atoms with Crippen LogP contribution in [0, 0.1) is 0 Å². The Balaban J connectivity index is 0.000000148. The minimum atomic E-state index is -2.95. The standard InChI is InChI=1S/C16H16BrClN4O2S.C13H15BrO2S.C4H3Cl2N3/c17-10-1-2-11-13(7-10)22(14-12(18)8-20-15(19)21-14)9-16(11)3-5-25(23,24)6-4-16;14-11-1-2-12-10(9-11)3-4-13(12)5-7-17(15,16)8-6-13;5-2-1-8-4(7)9-3(2)6/h1-2,7-8H,3-6,9H2,(H2,19,20,21);1-2,9H,3-8H2;1H,(H2,7,8,9). The highest BCUT2D eigenvalue weighted by Gasteiger charge is 2.47. The summed E-state index contributed by atoms with van der Waals surface area (Å²) in [6, 6.07) is 12.5. The normalized spacial score (nSPS) is 20.1. The third kappa shape index (κ3) is 8.44. The Hall–Kier alpha value is -2.27. The van der Waals surface area contributed by atoms with Crippen molar-refractivity contribution >= 4 is 110 Å². The Morgan fingerprint density at radius 1 is 0.686 bits per heavy atom. The third-order valence-electron chi connectivity index (χ3n) is 10.1. The Morgan fingerprint density at radius 2 is 1.22 bits per heavy atom. The molecule has 2 saturated heterocycles. The molecular formula is C33H34Br2Cl3N7O4S2. The average molecular weight is 923 g/mol. The second-order valence-corrected chi connectivity index (χ2v) is 20.8. The molecule has 11 nitrogen and oxygen atoms in total. The fourth-order valence-corrected chi connectivity index (χ4v) is 11.7. The zero-order chi connectivity index (χ0) is 36.8. The van der Waals surface area contributed by atoms with E-state index in [0.717, 1.165) is 45.9 Å². The lowest BCUT2D eigenvalue weighted by Crippen LogP contribution is -2.40. The smallest absolute Gasteiger partial charge is 0.222 e. The molecule has 4 aromatic rings. The number of fused-ring (bicyclic) bond motifs is 4. The van der Waals surface area contributed by atoms with E-state index in [-0.39, 0.29) is 39.4 Å². The van der Waals surface area contributed by atoms with Gasteiger partial charge in [0.05, 0.1) is 40.4 Å². The van der Waals surface area contributed by atoms with Crippen LogP contribution in [0.4, 0.5) is 23.4 Å². The van der Waals surface area contributed by atoms with Crippen LogP contribution < -0.4 is 16.4 Å². The first-order chi connectivity index (χ1) is 24.0. The predicted molar refractivity (Wildman–Crippen MR) is 211 cm³/mol. The summed E-state index contributed by atoms with van der Waals surface area (Å²) < 4.78 is 49.0. The molecule has 0 unspecified atom stereocenters. The molecule has 4 aliphatic rings. The number of sulfone groups is 2. The molecule has 3 aliphatic heterocycles. The largest absolute Gasteiger partial charge is 0.368 e. The highest BCUT2D eigenvalue weighted by molar-refractivity contribution is 9.10. The second kappa shape index (κ2) is 14.9. The molecule has 5 heterocycles. The number of halogens is 5. The van der Waals surface area contributed by atoms with Crippen molar-refractivity contribution in [2.24, 2.45) is 0 Å². The number of rotatable bonds is 1. The van der Waals surface area contributed by atoms with E-state index in [0.29, 0.717) is 46.8 Å². The number of nitrogen functional groups attached to an aromatic ring is 2. The van der Waals surface area contributed by atoms with Crippen molar-refractivity contribution in [3.05, 3.63) is 89.6 Å². The predicted octanol–water partition coefficient (Wildman–Crippen LogP) is 7.28. The Kier molecular flexibility index (Phi) is 11.2. The molecule has 0 radical (unpaired) electrons. The van der Waals surface area contributed by atoms with E-state index in [9.17, 15) is 16.8 Å². The molecule has 2 aromatic heterocycles. The summed E-state index contributed by atoms with van der Waals surface area (Å²) in [5.41, 5.74) is 15.8. The van der Waals surface area contributed by atoms with Crippen molar-refractivity contribution in [1.82, 2.24) is 19.9 Å². The molecule has 272 valence electrons. The number of nitrogens with zero attached hydrogens (tertiary/aromatic N) is 5. The summed E-state index contributed by atoms with van der Waals surface area (Å²) in [4.78, 5) is 17.4. The van der Waals surface area contributed by atoms with Crippen LogP contribution in [-0.4, -0.2) is 66.3 Å². The quantitative estimate of drug-likeness (QED) is 0.184. The van der Waals surface area contributed by atoms with Crippen molar-refractivity contribution < 1.29 is 16.8 Å². The molecule has 4 N–H and O–H groups in total. The number of aromatic nitrogens is 4. The lowest BCUT2D eigenvalue weighted by molar-refractivity contribution is 0.380. The minimum absolute atomic E-state index is 0.129. The monoisotopic (exact) mass is 919 g/mol. The average Bonchev–Trinajstić information content (AvgIpc) is 3.59. The third-order valence-corrected chi connectivity index (χ3v) is 15.3. The van der Waals surface area contributed by atoms with Crippen LogP contribution in [0.2, 0.25) is 15.2 Å². The van der Waals surface area contributed by atoms with Crippen LogP contribution in [0.3, 0.4) is 0 Å². The van der Waals surface area contributed by atoms with E-state index in [1.165, 1.54) is 23.5 Å². The van der Waals surface area contributed by atoms with E-state index in [2.05, 4.69) is 76.1 Å². The van der Waals surface area contributed by atoms with Crippen molar-refractivity contribution in [1.29, 1.82) is 0 Å². The van der Waals surface area contributed by atoms with Gasteiger partial charge >= 0.3 is 0 Å².